The molecule has 5 heteroatoms. The van der Waals surface area contributed by atoms with E-state index in [4.69, 9.17) is 5.11 Å². The molecule has 0 radical (unpaired) electrons. The molecule has 0 atom stereocenters. The highest BCUT2D eigenvalue weighted by Gasteiger charge is 1.98. The van der Waals surface area contributed by atoms with Gasteiger partial charge in [0, 0.05) is 28.5 Å². The minimum Gasteiger partial charge on any atom is -0.394 e. The van der Waals surface area contributed by atoms with Crippen LogP contribution in [0.5, 0.6) is 0 Å². The Morgan fingerprint density at radius 3 is 2.76 bits per heavy atom. The Kier molecular flexibility index (Phi) is 4.17. The van der Waals surface area contributed by atoms with Crippen LogP contribution in [0.1, 0.15) is 5.56 Å². The molecule has 0 aliphatic rings. The van der Waals surface area contributed by atoms with Crippen molar-refractivity contribution < 1.29 is 5.11 Å². The Labute approximate surface area is 108 Å². The van der Waals surface area contributed by atoms with Crippen molar-refractivity contribution >= 4 is 21.6 Å². The standard InChI is InChI=1S/C12H14BrN3O/c13-11-1-3-12(4-2-11)14-7-10-8-15-16(9-10)5-6-17/h1-4,8-9,14,17H,5-7H2. The summed E-state index contributed by atoms with van der Waals surface area (Å²) in [6.07, 6.45) is 3.74. The number of hydrogen-bond donors (Lipinski definition) is 2. The van der Waals surface area contributed by atoms with Crippen molar-refractivity contribution in [2.45, 2.75) is 13.1 Å². The molecule has 2 rings (SSSR count). The van der Waals surface area contributed by atoms with Crippen LogP contribution in [0.25, 0.3) is 0 Å². The maximum Gasteiger partial charge on any atom is 0.0640 e. The topological polar surface area (TPSA) is 50.1 Å². The average Bonchev–Trinajstić information content (AvgIpc) is 2.77. The molecule has 1 aromatic carbocycles. The van der Waals surface area contributed by atoms with Crippen molar-refractivity contribution in [2.24, 2.45) is 0 Å². The van der Waals surface area contributed by atoms with Gasteiger partial charge in [-0.05, 0) is 24.3 Å². The average molecular weight is 296 g/mol. The number of anilines is 1. The van der Waals surface area contributed by atoms with E-state index in [0.29, 0.717) is 6.54 Å². The molecular weight excluding hydrogens is 282 g/mol. The normalized spacial score (nSPS) is 10.5. The van der Waals surface area contributed by atoms with E-state index >= 15 is 0 Å². The van der Waals surface area contributed by atoms with Crippen LogP contribution < -0.4 is 5.32 Å². The Hall–Kier alpha value is -1.33. The van der Waals surface area contributed by atoms with Gasteiger partial charge in [0.05, 0.1) is 19.3 Å². The third kappa shape index (κ3) is 3.57. The van der Waals surface area contributed by atoms with Crippen molar-refractivity contribution in [1.82, 2.24) is 9.78 Å². The lowest BCUT2D eigenvalue weighted by Gasteiger charge is -2.04. The quantitative estimate of drug-likeness (QED) is 0.889. The number of benzene rings is 1. The van der Waals surface area contributed by atoms with E-state index in [-0.39, 0.29) is 6.61 Å². The van der Waals surface area contributed by atoms with Crippen molar-refractivity contribution in [3.63, 3.8) is 0 Å². The van der Waals surface area contributed by atoms with Crippen LogP contribution >= 0.6 is 15.9 Å². The molecule has 0 aliphatic heterocycles. The third-order valence-electron chi connectivity index (χ3n) is 2.36. The molecule has 0 fully saturated rings. The summed E-state index contributed by atoms with van der Waals surface area (Å²) in [7, 11) is 0. The van der Waals surface area contributed by atoms with E-state index in [2.05, 4.69) is 26.3 Å². The lowest BCUT2D eigenvalue weighted by molar-refractivity contribution is 0.269. The first kappa shape index (κ1) is 12.1. The van der Waals surface area contributed by atoms with Crippen LogP contribution in [0.3, 0.4) is 0 Å². The lowest BCUT2D eigenvalue weighted by Crippen LogP contribution is -2.02. The fourth-order valence-corrected chi connectivity index (χ4v) is 1.76. The van der Waals surface area contributed by atoms with Gasteiger partial charge in [-0.3, -0.25) is 4.68 Å². The Morgan fingerprint density at radius 1 is 1.29 bits per heavy atom. The summed E-state index contributed by atoms with van der Waals surface area (Å²) in [5.41, 5.74) is 2.17. The molecule has 0 saturated heterocycles. The summed E-state index contributed by atoms with van der Waals surface area (Å²) < 4.78 is 2.80. The van der Waals surface area contributed by atoms with Gasteiger partial charge in [0.25, 0.3) is 0 Å². The van der Waals surface area contributed by atoms with E-state index in [1.54, 1.807) is 4.68 Å². The highest BCUT2D eigenvalue weighted by Crippen LogP contribution is 2.14. The largest absolute Gasteiger partial charge is 0.394 e. The molecule has 0 bridgehead atoms. The zero-order valence-electron chi connectivity index (χ0n) is 9.31. The van der Waals surface area contributed by atoms with Gasteiger partial charge in [-0.1, -0.05) is 15.9 Å². The number of aromatic nitrogens is 2. The molecule has 0 spiro atoms. The molecule has 90 valence electrons. The molecule has 0 saturated carbocycles. The van der Waals surface area contributed by atoms with Gasteiger partial charge < -0.3 is 10.4 Å². The molecule has 0 aliphatic carbocycles. The van der Waals surface area contributed by atoms with Crippen LogP contribution in [0, 0.1) is 0 Å². The van der Waals surface area contributed by atoms with Crippen LogP contribution in [-0.4, -0.2) is 21.5 Å². The van der Waals surface area contributed by atoms with Crippen LogP contribution in [0.15, 0.2) is 41.1 Å². The molecule has 2 aromatic rings. The summed E-state index contributed by atoms with van der Waals surface area (Å²) in [5.74, 6) is 0. The first-order valence-corrected chi connectivity index (χ1v) is 6.19. The van der Waals surface area contributed by atoms with Gasteiger partial charge in [-0.15, -0.1) is 0 Å². The highest BCUT2D eigenvalue weighted by atomic mass is 79.9. The van der Waals surface area contributed by atoms with Crippen molar-refractivity contribution in [3.8, 4) is 0 Å². The van der Waals surface area contributed by atoms with E-state index in [0.717, 1.165) is 22.3 Å². The van der Waals surface area contributed by atoms with Crippen LogP contribution in [0.4, 0.5) is 5.69 Å². The molecule has 2 N–H and O–H groups in total. The molecule has 1 aromatic heterocycles. The number of nitrogens with one attached hydrogen (secondary N) is 1. The van der Waals surface area contributed by atoms with E-state index in [1.165, 1.54) is 0 Å². The second-order valence-electron chi connectivity index (χ2n) is 3.70. The van der Waals surface area contributed by atoms with Gasteiger partial charge in [0.15, 0.2) is 0 Å². The summed E-state index contributed by atoms with van der Waals surface area (Å²) in [6.45, 7) is 1.38. The van der Waals surface area contributed by atoms with Crippen molar-refractivity contribution in [3.05, 3.63) is 46.7 Å². The van der Waals surface area contributed by atoms with Gasteiger partial charge in [-0.2, -0.15) is 5.10 Å². The zero-order chi connectivity index (χ0) is 12.1. The number of hydrogen-bond acceptors (Lipinski definition) is 3. The Bertz CT molecular complexity index is 467. The Morgan fingerprint density at radius 2 is 2.06 bits per heavy atom. The van der Waals surface area contributed by atoms with E-state index in [9.17, 15) is 0 Å². The van der Waals surface area contributed by atoms with Crippen molar-refractivity contribution in [2.75, 3.05) is 11.9 Å². The smallest absolute Gasteiger partial charge is 0.0640 e. The fourth-order valence-electron chi connectivity index (χ4n) is 1.49. The highest BCUT2D eigenvalue weighted by molar-refractivity contribution is 9.10. The first-order valence-electron chi connectivity index (χ1n) is 5.39. The molecule has 0 unspecified atom stereocenters. The molecule has 4 nitrogen and oxygen atoms in total. The molecule has 0 amide bonds. The second kappa shape index (κ2) is 5.84. The SMILES string of the molecule is OCCn1cc(CNc2ccc(Br)cc2)cn1. The van der Waals surface area contributed by atoms with E-state index < -0.39 is 0 Å². The first-order chi connectivity index (χ1) is 8.28. The summed E-state index contributed by atoms with van der Waals surface area (Å²) in [5, 5.41) is 16.2. The number of rotatable bonds is 5. The lowest BCUT2D eigenvalue weighted by atomic mass is 10.3. The number of halogens is 1. The maximum absolute atomic E-state index is 8.78. The van der Waals surface area contributed by atoms with Gasteiger partial charge in [0.2, 0.25) is 0 Å². The summed E-state index contributed by atoms with van der Waals surface area (Å²) in [4.78, 5) is 0. The monoisotopic (exact) mass is 295 g/mol. The fraction of sp³-hybridized carbons (Fsp3) is 0.250. The van der Waals surface area contributed by atoms with Gasteiger partial charge in [-0.25, -0.2) is 0 Å². The summed E-state index contributed by atoms with van der Waals surface area (Å²) >= 11 is 3.40. The number of nitrogens with zero attached hydrogens (tertiary/aromatic N) is 2. The van der Waals surface area contributed by atoms with Gasteiger partial charge >= 0.3 is 0 Å². The second-order valence-corrected chi connectivity index (χ2v) is 4.61. The minimum absolute atomic E-state index is 0.112. The van der Waals surface area contributed by atoms with Crippen molar-refractivity contribution in [1.29, 1.82) is 0 Å². The van der Waals surface area contributed by atoms with Crippen LogP contribution in [-0.2, 0) is 13.1 Å². The number of aliphatic hydroxyl groups is 1. The maximum atomic E-state index is 8.78. The molecule has 17 heavy (non-hydrogen) atoms. The number of aliphatic hydroxyl groups excluding tert-OH is 1. The molecule has 1 heterocycles. The van der Waals surface area contributed by atoms with E-state index in [1.807, 2.05) is 36.7 Å². The minimum atomic E-state index is 0.112. The predicted octanol–water partition coefficient (Wildman–Crippen LogP) is 2.25. The predicted molar refractivity (Wildman–Crippen MR) is 70.8 cm³/mol. The third-order valence-corrected chi connectivity index (χ3v) is 2.89. The summed E-state index contributed by atoms with van der Waals surface area (Å²) in [6, 6.07) is 8.03. The molecular formula is C12H14BrN3O. The van der Waals surface area contributed by atoms with Gasteiger partial charge in [0.1, 0.15) is 0 Å². The Balaban J connectivity index is 1.90. The van der Waals surface area contributed by atoms with Crippen LogP contribution in [0.2, 0.25) is 0 Å². The zero-order valence-corrected chi connectivity index (χ0v) is 10.9.